The summed E-state index contributed by atoms with van der Waals surface area (Å²) >= 11 is 0. The number of fused-ring (bicyclic) bond motifs is 1. The molecule has 1 atom stereocenters. The first-order valence-corrected chi connectivity index (χ1v) is 12.7. The minimum atomic E-state index is -0.307. The van der Waals surface area contributed by atoms with Crippen molar-refractivity contribution in [2.45, 2.75) is 25.9 Å². The monoisotopic (exact) mass is 513 g/mol. The number of aromatic nitrogens is 2. The van der Waals surface area contributed by atoms with Gasteiger partial charge < -0.3 is 9.47 Å². The Morgan fingerprint density at radius 3 is 2.11 bits per heavy atom. The third kappa shape index (κ3) is 4.77. The zero-order valence-electron chi connectivity index (χ0n) is 21.6. The fraction of sp³-hybridized carbons (Fsp3) is 0.300. The summed E-state index contributed by atoms with van der Waals surface area (Å²) in [7, 11) is 1.70. The van der Waals surface area contributed by atoms with E-state index in [1.54, 1.807) is 54.1 Å². The van der Waals surface area contributed by atoms with Gasteiger partial charge in [-0.15, -0.1) is 0 Å². The SMILES string of the molecule is CC(C)C1CN(c2cc(=O)n(C)c3ccc(C#N)nc23)CCN1C(c1ccc(F)cc1)c1ccc(F)cc1. The Balaban J connectivity index is 1.57. The van der Waals surface area contributed by atoms with Crippen LogP contribution in [0.2, 0.25) is 0 Å². The lowest BCUT2D eigenvalue weighted by Gasteiger charge is -2.48. The summed E-state index contributed by atoms with van der Waals surface area (Å²) in [5.41, 5.74) is 4.02. The van der Waals surface area contributed by atoms with Crippen LogP contribution in [0.3, 0.4) is 0 Å². The molecular formula is C30H29F2N5O. The first-order chi connectivity index (χ1) is 18.3. The largest absolute Gasteiger partial charge is 0.367 e. The maximum Gasteiger partial charge on any atom is 0.252 e. The quantitative estimate of drug-likeness (QED) is 0.375. The van der Waals surface area contributed by atoms with Gasteiger partial charge in [-0.05, 0) is 53.4 Å². The van der Waals surface area contributed by atoms with E-state index in [1.807, 2.05) is 0 Å². The molecule has 0 amide bonds. The number of rotatable bonds is 5. The van der Waals surface area contributed by atoms with Crippen LogP contribution in [0.25, 0.3) is 11.0 Å². The lowest BCUT2D eigenvalue weighted by Crippen LogP contribution is -2.56. The number of hydrogen-bond acceptors (Lipinski definition) is 5. The van der Waals surface area contributed by atoms with Gasteiger partial charge in [0.2, 0.25) is 0 Å². The van der Waals surface area contributed by atoms with Gasteiger partial charge in [-0.3, -0.25) is 9.69 Å². The van der Waals surface area contributed by atoms with Crippen molar-refractivity contribution in [3.05, 3.63) is 106 Å². The summed E-state index contributed by atoms with van der Waals surface area (Å²) in [5.74, 6) is -0.376. The van der Waals surface area contributed by atoms with E-state index in [0.29, 0.717) is 42.0 Å². The predicted molar refractivity (Wildman–Crippen MR) is 144 cm³/mol. The smallest absolute Gasteiger partial charge is 0.252 e. The lowest BCUT2D eigenvalue weighted by molar-refractivity contribution is 0.105. The van der Waals surface area contributed by atoms with Crippen molar-refractivity contribution in [3.8, 4) is 6.07 Å². The number of nitrogens with zero attached hydrogens (tertiary/aromatic N) is 5. The molecule has 4 aromatic rings. The lowest BCUT2D eigenvalue weighted by atomic mass is 9.90. The molecule has 0 saturated carbocycles. The Hall–Kier alpha value is -4.09. The minimum absolute atomic E-state index is 0.0575. The zero-order valence-corrected chi connectivity index (χ0v) is 21.6. The summed E-state index contributed by atoms with van der Waals surface area (Å²) in [5, 5.41) is 9.44. The molecule has 1 unspecified atom stereocenters. The fourth-order valence-corrected chi connectivity index (χ4v) is 5.44. The molecule has 1 saturated heterocycles. The molecule has 8 heteroatoms. The molecule has 3 heterocycles. The maximum absolute atomic E-state index is 13.8. The third-order valence-electron chi connectivity index (χ3n) is 7.46. The molecule has 0 bridgehead atoms. The van der Waals surface area contributed by atoms with Crippen LogP contribution in [0.4, 0.5) is 14.5 Å². The normalized spacial score (nSPS) is 16.4. The van der Waals surface area contributed by atoms with Gasteiger partial charge in [0, 0.05) is 38.8 Å². The maximum atomic E-state index is 13.8. The molecule has 0 radical (unpaired) electrons. The molecule has 0 aliphatic carbocycles. The van der Waals surface area contributed by atoms with Gasteiger partial charge in [-0.25, -0.2) is 13.8 Å². The number of aryl methyl sites for hydroxylation is 1. The molecule has 2 aromatic carbocycles. The second kappa shape index (κ2) is 10.3. The van der Waals surface area contributed by atoms with Crippen LogP contribution in [0, 0.1) is 28.9 Å². The van der Waals surface area contributed by atoms with Gasteiger partial charge in [-0.2, -0.15) is 5.26 Å². The summed E-state index contributed by atoms with van der Waals surface area (Å²) in [6, 6.07) is 19.9. The number of pyridine rings is 2. The van der Waals surface area contributed by atoms with Crippen LogP contribution in [0.1, 0.15) is 36.7 Å². The minimum Gasteiger partial charge on any atom is -0.367 e. The van der Waals surface area contributed by atoms with E-state index in [9.17, 15) is 18.8 Å². The van der Waals surface area contributed by atoms with Crippen molar-refractivity contribution in [2.24, 2.45) is 13.0 Å². The Labute approximate surface area is 220 Å². The Morgan fingerprint density at radius 1 is 0.947 bits per heavy atom. The molecule has 0 spiro atoms. The summed E-state index contributed by atoms with van der Waals surface area (Å²) in [6.45, 7) is 6.19. The van der Waals surface area contributed by atoms with E-state index >= 15 is 0 Å². The number of hydrogen-bond donors (Lipinski definition) is 0. The molecule has 6 nitrogen and oxygen atoms in total. The Morgan fingerprint density at radius 2 is 1.55 bits per heavy atom. The van der Waals surface area contributed by atoms with Crippen LogP contribution in [-0.2, 0) is 7.05 Å². The molecule has 38 heavy (non-hydrogen) atoms. The predicted octanol–water partition coefficient (Wildman–Crippen LogP) is 5.02. The number of nitriles is 1. The van der Waals surface area contributed by atoms with Gasteiger partial charge in [0.1, 0.15) is 28.9 Å². The molecule has 2 aromatic heterocycles. The zero-order chi connectivity index (χ0) is 27.0. The van der Waals surface area contributed by atoms with Gasteiger partial charge in [-0.1, -0.05) is 38.1 Å². The fourth-order valence-electron chi connectivity index (χ4n) is 5.44. The van der Waals surface area contributed by atoms with E-state index < -0.39 is 0 Å². The summed E-state index contributed by atoms with van der Waals surface area (Å²) < 4.78 is 29.2. The van der Waals surface area contributed by atoms with Crippen molar-refractivity contribution in [3.63, 3.8) is 0 Å². The van der Waals surface area contributed by atoms with Crippen molar-refractivity contribution < 1.29 is 8.78 Å². The molecular weight excluding hydrogens is 484 g/mol. The highest BCUT2D eigenvalue weighted by Crippen LogP contribution is 2.36. The van der Waals surface area contributed by atoms with E-state index in [2.05, 4.69) is 34.7 Å². The highest BCUT2D eigenvalue weighted by Gasteiger charge is 2.36. The number of halogens is 2. The molecule has 194 valence electrons. The third-order valence-corrected chi connectivity index (χ3v) is 7.46. The molecule has 5 rings (SSSR count). The van der Waals surface area contributed by atoms with E-state index in [1.165, 1.54) is 24.3 Å². The highest BCUT2D eigenvalue weighted by molar-refractivity contribution is 5.88. The molecule has 1 aliphatic rings. The van der Waals surface area contributed by atoms with Crippen LogP contribution < -0.4 is 10.5 Å². The average Bonchev–Trinajstić information content (AvgIpc) is 2.92. The van der Waals surface area contributed by atoms with E-state index in [0.717, 1.165) is 11.1 Å². The summed E-state index contributed by atoms with van der Waals surface area (Å²) in [6.07, 6.45) is 0. The van der Waals surface area contributed by atoms with E-state index in [-0.39, 0.29) is 35.2 Å². The van der Waals surface area contributed by atoms with E-state index in [4.69, 9.17) is 0 Å². The van der Waals surface area contributed by atoms with Gasteiger partial charge in [0.05, 0.1) is 17.2 Å². The number of anilines is 1. The van der Waals surface area contributed by atoms with Crippen LogP contribution in [0.15, 0.2) is 71.5 Å². The number of benzene rings is 2. The highest BCUT2D eigenvalue weighted by atomic mass is 19.1. The van der Waals surface area contributed by atoms with Crippen LogP contribution >= 0.6 is 0 Å². The van der Waals surface area contributed by atoms with Crippen LogP contribution in [0.5, 0.6) is 0 Å². The summed E-state index contributed by atoms with van der Waals surface area (Å²) in [4.78, 5) is 22.0. The molecule has 1 aliphatic heterocycles. The second-order valence-corrected chi connectivity index (χ2v) is 10.1. The first kappa shape index (κ1) is 25.6. The topological polar surface area (TPSA) is 65.2 Å². The molecule has 1 fully saturated rings. The van der Waals surface area contributed by atoms with Gasteiger partial charge >= 0.3 is 0 Å². The van der Waals surface area contributed by atoms with Crippen molar-refractivity contribution in [1.29, 1.82) is 5.26 Å². The van der Waals surface area contributed by atoms with Crippen molar-refractivity contribution in [2.75, 3.05) is 24.5 Å². The van der Waals surface area contributed by atoms with Gasteiger partial charge in [0.15, 0.2) is 0 Å². The van der Waals surface area contributed by atoms with Crippen LogP contribution in [-0.4, -0.2) is 40.1 Å². The van der Waals surface area contributed by atoms with Crippen molar-refractivity contribution in [1.82, 2.24) is 14.5 Å². The second-order valence-electron chi connectivity index (χ2n) is 10.1. The standard InChI is InChI=1S/C30H29F2N5O/c1-19(2)27-18-36(26-16-28(38)35(3)25-13-12-24(17-33)34-29(25)26)14-15-37(27)30(20-4-8-22(31)9-5-20)21-6-10-23(32)11-7-21/h4-13,16,19,27,30H,14-15,18H2,1-3H3. The Bertz CT molecular complexity index is 1510. The first-order valence-electron chi connectivity index (χ1n) is 12.7. The average molecular weight is 514 g/mol. The van der Waals surface area contributed by atoms with Gasteiger partial charge in [0.25, 0.3) is 5.56 Å². The number of piperazine rings is 1. The molecule has 0 N–H and O–H groups in total. The Kier molecular flexibility index (Phi) is 6.96. The van der Waals surface area contributed by atoms with Crippen molar-refractivity contribution >= 4 is 16.7 Å².